The summed E-state index contributed by atoms with van der Waals surface area (Å²) in [6, 6.07) is -27.2. The largest absolute Gasteiger partial charge is 0.460 e. The fourth-order valence-corrected chi connectivity index (χ4v) is 2.69. The SMILES string of the molecule is C[N+](C)(C)CCCNC(=O)C(F)(F)C(F)(F)N(C(F)(F)C(F)(F)C(F)(F)C(F)(F)F)C(F)(F)C(F)(F)C(F)(F)C(F)(F)F. The molecule has 258 valence electrons. The van der Waals surface area contributed by atoms with Crippen molar-refractivity contribution in [2.75, 3.05) is 34.2 Å². The van der Waals surface area contributed by atoms with Gasteiger partial charge in [-0.1, -0.05) is 0 Å². The van der Waals surface area contributed by atoms with Gasteiger partial charge in [0.25, 0.3) is 5.91 Å². The molecule has 0 saturated heterocycles. The van der Waals surface area contributed by atoms with Crippen LogP contribution in [-0.2, 0) is 4.79 Å². The molecule has 0 saturated carbocycles. The van der Waals surface area contributed by atoms with Crippen molar-refractivity contribution in [3.8, 4) is 0 Å². The van der Waals surface area contributed by atoms with Crippen molar-refractivity contribution < 1.29 is 106 Å². The third-order valence-corrected chi connectivity index (χ3v) is 5.05. The highest BCUT2D eigenvalue weighted by Gasteiger charge is 2.94. The van der Waals surface area contributed by atoms with Crippen LogP contribution < -0.4 is 5.32 Å². The molecule has 0 heterocycles. The van der Waals surface area contributed by atoms with E-state index in [1.165, 1.54) is 21.1 Å². The van der Waals surface area contributed by atoms with Crippen LogP contribution in [0.4, 0.5) is 96.6 Å². The summed E-state index contributed by atoms with van der Waals surface area (Å²) in [5.41, 5.74) is 0. The minimum atomic E-state index is -9.27. The predicted octanol–water partition coefficient (Wildman–Crippen LogP) is 6.58. The molecule has 0 spiro atoms. The van der Waals surface area contributed by atoms with Crippen molar-refractivity contribution in [1.29, 1.82) is 0 Å². The summed E-state index contributed by atoms with van der Waals surface area (Å²) in [4.78, 5) is 6.11. The van der Waals surface area contributed by atoms with E-state index in [-0.39, 0.29) is 11.0 Å². The molecule has 0 atom stereocenters. The smallest absolute Gasteiger partial charge is 0.350 e. The van der Waals surface area contributed by atoms with Crippen LogP contribution >= 0.6 is 0 Å². The standard InChI is InChI=1S/C17H15F22N3O/c1-42(2,3)6-4-5-40-7(43)8(18,19)15(34,35)41(16(36,37)11(24,25)9(20,21)13(28,29)30)17(38,39)12(26,27)10(22,23)14(31,32)33/h4-6H2,1-3H3/p+1. The van der Waals surface area contributed by atoms with Gasteiger partial charge in [-0.05, 0) is 0 Å². The average molecular weight is 696 g/mol. The maximum Gasteiger partial charge on any atom is 0.460 e. The van der Waals surface area contributed by atoms with E-state index in [2.05, 4.69) is 0 Å². The number of rotatable bonds is 13. The molecule has 0 aromatic carbocycles. The van der Waals surface area contributed by atoms with Crippen molar-refractivity contribution in [3.05, 3.63) is 0 Å². The lowest BCUT2D eigenvalue weighted by Crippen LogP contribution is -2.80. The number of hydrogen-bond donors (Lipinski definition) is 1. The summed E-state index contributed by atoms with van der Waals surface area (Å²) in [5, 5.41) is 0.619. The van der Waals surface area contributed by atoms with Gasteiger partial charge in [0, 0.05) is 13.0 Å². The average Bonchev–Trinajstić information content (AvgIpc) is 2.72. The summed E-state index contributed by atoms with van der Waals surface area (Å²) >= 11 is 0. The number of nitrogens with one attached hydrogen (secondary N) is 1. The highest BCUT2D eigenvalue weighted by atomic mass is 19.4. The van der Waals surface area contributed by atoms with Gasteiger partial charge >= 0.3 is 60.1 Å². The molecule has 0 rings (SSSR count). The normalized spacial score (nSPS) is 16.1. The lowest BCUT2D eigenvalue weighted by atomic mass is 10.0. The number of nitrogens with zero attached hydrogens (tertiary/aromatic N) is 2. The van der Waals surface area contributed by atoms with Crippen LogP contribution in [-0.4, -0.2) is 110 Å². The first-order valence-electron chi connectivity index (χ1n) is 10.3. The molecule has 0 aromatic heterocycles. The Bertz CT molecular complexity index is 942. The minimum absolute atomic E-state index is 0.125. The van der Waals surface area contributed by atoms with Gasteiger partial charge in [0.2, 0.25) is 0 Å². The second-order valence-corrected chi connectivity index (χ2v) is 9.45. The lowest BCUT2D eigenvalue weighted by molar-refractivity contribution is -0.870. The molecule has 0 fully saturated rings. The molecule has 43 heavy (non-hydrogen) atoms. The second kappa shape index (κ2) is 11.0. The summed E-state index contributed by atoms with van der Waals surface area (Å²) in [6.45, 7) is -1.54. The molecule has 0 unspecified atom stereocenters. The first-order chi connectivity index (χ1) is 18.2. The predicted molar refractivity (Wildman–Crippen MR) is 94.1 cm³/mol. The van der Waals surface area contributed by atoms with Crippen molar-refractivity contribution in [2.45, 2.75) is 66.5 Å². The van der Waals surface area contributed by atoms with Gasteiger partial charge in [0.05, 0.1) is 27.7 Å². The molecule has 0 aliphatic rings. The van der Waals surface area contributed by atoms with E-state index < -0.39 is 83.9 Å². The van der Waals surface area contributed by atoms with E-state index in [4.69, 9.17) is 0 Å². The van der Waals surface area contributed by atoms with Crippen LogP contribution in [0, 0.1) is 0 Å². The zero-order valence-electron chi connectivity index (χ0n) is 20.7. The highest BCUT2D eigenvalue weighted by Crippen LogP contribution is 2.63. The summed E-state index contributed by atoms with van der Waals surface area (Å²) < 4.78 is 296. The van der Waals surface area contributed by atoms with Crippen LogP contribution in [0.2, 0.25) is 0 Å². The number of alkyl halides is 22. The Labute approximate surface area is 224 Å². The third kappa shape index (κ3) is 6.62. The Hall–Kier alpha value is -2.15. The van der Waals surface area contributed by atoms with Crippen LogP contribution in [0.3, 0.4) is 0 Å². The maximum absolute atomic E-state index is 14.5. The zero-order valence-corrected chi connectivity index (χ0v) is 20.7. The maximum atomic E-state index is 14.5. The van der Waals surface area contributed by atoms with Crippen molar-refractivity contribution >= 4 is 5.91 Å². The van der Waals surface area contributed by atoms with E-state index in [9.17, 15) is 101 Å². The number of halogens is 22. The number of hydrogen-bond acceptors (Lipinski definition) is 2. The third-order valence-electron chi connectivity index (χ3n) is 5.05. The Morgan fingerprint density at radius 2 is 0.837 bits per heavy atom. The van der Waals surface area contributed by atoms with E-state index in [0.717, 1.165) is 0 Å². The molecule has 0 aliphatic carbocycles. The van der Waals surface area contributed by atoms with Gasteiger partial charge in [-0.25, -0.2) is 0 Å². The van der Waals surface area contributed by atoms with E-state index >= 15 is 0 Å². The fourth-order valence-electron chi connectivity index (χ4n) is 2.69. The molecule has 0 radical (unpaired) electrons. The number of amides is 1. The molecular weight excluding hydrogens is 680 g/mol. The second-order valence-electron chi connectivity index (χ2n) is 9.45. The Morgan fingerprint density at radius 3 is 1.09 bits per heavy atom. The van der Waals surface area contributed by atoms with E-state index in [1.54, 1.807) is 0 Å². The summed E-state index contributed by atoms with van der Waals surface area (Å²) in [7, 11) is 4.04. The Balaban J connectivity index is 7.60. The van der Waals surface area contributed by atoms with Crippen LogP contribution in [0.1, 0.15) is 6.42 Å². The Kier molecular flexibility index (Phi) is 10.5. The molecule has 1 amide bonds. The van der Waals surface area contributed by atoms with Gasteiger partial charge in [-0.2, -0.15) is 96.6 Å². The van der Waals surface area contributed by atoms with E-state index in [1.807, 2.05) is 0 Å². The zero-order chi connectivity index (χ0) is 35.5. The monoisotopic (exact) mass is 696 g/mol. The first-order valence-corrected chi connectivity index (χ1v) is 10.3. The van der Waals surface area contributed by atoms with Crippen LogP contribution in [0.5, 0.6) is 0 Å². The van der Waals surface area contributed by atoms with Crippen molar-refractivity contribution in [1.82, 2.24) is 10.2 Å². The quantitative estimate of drug-likeness (QED) is 0.102. The summed E-state index contributed by atoms with van der Waals surface area (Å²) in [6.07, 6.45) is -17.0. The highest BCUT2D eigenvalue weighted by molar-refractivity contribution is 5.84. The van der Waals surface area contributed by atoms with Gasteiger partial charge in [-0.15, -0.1) is 4.90 Å². The molecule has 26 heteroatoms. The number of carbonyl (C=O) groups excluding carboxylic acids is 1. The fraction of sp³-hybridized carbons (Fsp3) is 0.941. The summed E-state index contributed by atoms with van der Waals surface area (Å²) in [5.74, 6) is -47.1. The molecule has 4 nitrogen and oxygen atoms in total. The van der Waals surface area contributed by atoms with Gasteiger partial charge < -0.3 is 9.80 Å². The molecular formula is C17H16F22N3O+. The minimum Gasteiger partial charge on any atom is -0.350 e. The molecule has 0 bridgehead atoms. The first kappa shape index (κ1) is 40.9. The van der Waals surface area contributed by atoms with E-state index in [0.29, 0.717) is 5.32 Å². The molecule has 0 aromatic rings. The molecule has 0 aliphatic heterocycles. The van der Waals surface area contributed by atoms with Gasteiger partial charge in [0.15, 0.2) is 0 Å². The number of carbonyl (C=O) groups is 1. The van der Waals surface area contributed by atoms with Crippen molar-refractivity contribution in [2.24, 2.45) is 0 Å². The molecule has 1 N–H and O–H groups in total. The van der Waals surface area contributed by atoms with Gasteiger partial charge in [-0.3, -0.25) is 4.79 Å². The van der Waals surface area contributed by atoms with Gasteiger partial charge in [0.1, 0.15) is 0 Å². The topological polar surface area (TPSA) is 32.3 Å². The Morgan fingerprint density at radius 1 is 0.535 bits per heavy atom. The van der Waals surface area contributed by atoms with Crippen LogP contribution in [0.15, 0.2) is 0 Å². The lowest BCUT2D eigenvalue weighted by Gasteiger charge is -2.48. The van der Waals surface area contributed by atoms with Crippen molar-refractivity contribution in [3.63, 3.8) is 0 Å². The number of quaternary nitrogens is 1. The van der Waals surface area contributed by atoms with Crippen LogP contribution in [0.25, 0.3) is 0 Å².